The second-order valence-electron chi connectivity index (χ2n) is 5.08. The summed E-state index contributed by atoms with van der Waals surface area (Å²) in [6.07, 6.45) is 0.765. The van der Waals surface area contributed by atoms with Crippen molar-refractivity contribution in [2.45, 2.75) is 11.3 Å². The zero-order valence-electron chi connectivity index (χ0n) is 12.2. The van der Waals surface area contributed by atoms with E-state index in [4.69, 9.17) is 5.73 Å². The lowest BCUT2D eigenvalue weighted by atomic mass is 10.4. The van der Waals surface area contributed by atoms with Crippen LogP contribution in [0, 0.1) is 0 Å². The smallest absolute Gasteiger partial charge is 0.249 e. The van der Waals surface area contributed by atoms with Gasteiger partial charge >= 0.3 is 0 Å². The molecule has 1 amide bonds. The fourth-order valence-corrected chi connectivity index (χ4v) is 4.32. The first-order chi connectivity index (χ1) is 9.75. The van der Waals surface area contributed by atoms with Gasteiger partial charge in [-0.25, -0.2) is 12.7 Å². The van der Waals surface area contributed by atoms with Crippen LogP contribution in [0.15, 0.2) is 4.90 Å². The van der Waals surface area contributed by atoms with Crippen LogP contribution in [0.5, 0.6) is 0 Å². The Balaban J connectivity index is 2.44. The molecule has 1 fully saturated rings. The van der Waals surface area contributed by atoms with Crippen LogP contribution in [0.25, 0.3) is 0 Å². The van der Waals surface area contributed by atoms with Gasteiger partial charge in [-0.15, -0.1) is 0 Å². The minimum atomic E-state index is -3.70. The largest absolute Gasteiger partial charge is 0.382 e. The molecule has 0 aromatic carbocycles. The Bertz CT molecular complexity index is 640. The molecule has 0 bridgehead atoms. The third-order valence-electron chi connectivity index (χ3n) is 3.36. The van der Waals surface area contributed by atoms with Crippen LogP contribution in [0.4, 0.5) is 10.8 Å². The number of hydrogen-bond acceptors (Lipinski definition) is 7. The summed E-state index contributed by atoms with van der Waals surface area (Å²) in [4.78, 5) is 15.4. The molecule has 0 radical (unpaired) electrons. The average molecular weight is 333 g/mol. The van der Waals surface area contributed by atoms with Gasteiger partial charge in [0.05, 0.1) is 6.54 Å². The average Bonchev–Trinajstić information content (AvgIpc) is 2.71. The Kier molecular flexibility index (Phi) is 4.40. The molecule has 2 heterocycles. The lowest BCUT2D eigenvalue weighted by Gasteiger charge is -2.22. The maximum Gasteiger partial charge on any atom is 0.249 e. The lowest BCUT2D eigenvalue weighted by molar-refractivity contribution is -0.127. The summed E-state index contributed by atoms with van der Waals surface area (Å²) in [5.74, 6) is -0.0681. The van der Waals surface area contributed by atoms with Crippen LogP contribution in [-0.4, -0.2) is 68.7 Å². The number of anilines is 2. The van der Waals surface area contributed by atoms with E-state index < -0.39 is 10.0 Å². The van der Waals surface area contributed by atoms with Gasteiger partial charge in [0.1, 0.15) is 5.00 Å². The zero-order chi connectivity index (χ0) is 15.8. The molecule has 1 aromatic heterocycles. The van der Waals surface area contributed by atoms with Gasteiger partial charge in [-0.2, -0.15) is 4.37 Å². The molecule has 1 aromatic rings. The van der Waals surface area contributed by atoms with Crippen molar-refractivity contribution in [2.75, 3.05) is 51.4 Å². The molecule has 0 spiro atoms. The standard InChI is InChI=1S/C11H19N5O3S2/c1-14(2)21(18,19)9-10(12)13-20-11(9)16-6-4-5-15(3)8(17)7-16/h4-7H2,1-3H3,(H2,12,13). The Labute approximate surface area is 128 Å². The van der Waals surface area contributed by atoms with Crippen molar-refractivity contribution in [1.82, 2.24) is 13.6 Å². The molecule has 1 aliphatic heterocycles. The number of nitrogens with two attached hydrogens (primary N) is 1. The Hall–Kier alpha value is -1.39. The fourth-order valence-electron chi connectivity index (χ4n) is 2.07. The summed E-state index contributed by atoms with van der Waals surface area (Å²) in [6.45, 7) is 1.38. The second-order valence-corrected chi connectivity index (χ2v) is 7.92. The van der Waals surface area contributed by atoms with Crippen LogP contribution in [0.2, 0.25) is 0 Å². The predicted octanol–water partition coefficient (Wildman–Crippen LogP) is -0.356. The summed E-state index contributed by atoms with van der Waals surface area (Å²) in [5.41, 5.74) is 5.74. The highest BCUT2D eigenvalue weighted by Gasteiger charge is 2.32. The zero-order valence-corrected chi connectivity index (χ0v) is 13.9. The first-order valence-corrected chi connectivity index (χ1v) is 8.63. The van der Waals surface area contributed by atoms with Crippen LogP contribution in [0.1, 0.15) is 6.42 Å². The van der Waals surface area contributed by atoms with Crippen LogP contribution < -0.4 is 10.6 Å². The van der Waals surface area contributed by atoms with Crippen LogP contribution in [0.3, 0.4) is 0 Å². The highest BCUT2D eigenvalue weighted by Crippen LogP contribution is 2.36. The molecule has 2 N–H and O–H groups in total. The second kappa shape index (κ2) is 5.78. The molecule has 2 rings (SSSR count). The highest BCUT2D eigenvalue weighted by atomic mass is 32.2. The summed E-state index contributed by atoms with van der Waals surface area (Å²) in [6, 6.07) is 0. The Morgan fingerprint density at radius 1 is 1.33 bits per heavy atom. The number of hydrogen-bond donors (Lipinski definition) is 1. The predicted molar refractivity (Wildman–Crippen MR) is 81.9 cm³/mol. The number of likely N-dealkylation sites (N-methyl/N-ethyl adjacent to an activating group) is 1. The molecule has 0 unspecified atom stereocenters. The van der Waals surface area contributed by atoms with Crippen LogP contribution >= 0.6 is 11.5 Å². The molecule has 1 saturated heterocycles. The molecule has 1 aliphatic rings. The normalized spacial score (nSPS) is 17.4. The monoisotopic (exact) mass is 333 g/mol. The molecule has 0 atom stereocenters. The number of amides is 1. The van der Waals surface area contributed by atoms with E-state index in [9.17, 15) is 13.2 Å². The number of carbonyl (C=O) groups excluding carboxylic acids is 1. The fraction of sp³-hybridized carbons (Fsp3) is 0.636. The summed E-state index contributed by atoms with van der Waals surface area (Å²) in [7, 11) is 0.927. The molecular formula is C11H19N5O3S2. The van der Waals surface area contributed by atoms with Gasteiger partial charge < -0.3 is 15.5 Å². The van der Waals surface area contributed by atoms with Gasteiger partial charge in [0.2, 0.25) is 15.9 Å². The van der Waals surface area contributed by atoms with Gasteiger partial charge in [0.15, 0.2) is 10.7 Å². The van der Waals surface area contributed by atoms with E-state index in [1.165, 1.54) is 14.1 Å². The van der Waals surface area contributed by atoms with E-state index in [1.807, 2.05) is 0 Å². The van der Waals surface area contributed by atoms with Crippen molar-refractivity contribution in [3.8, 4) is 0 Å². The van der Waals surface area contributed by atoms with E-state index in [1.54, 1.807) is 16.8 Å². The van der Waals surface area contributed by atoms with E-state index in [0.717, 1.165) is 22.3 Å². The van der Waals surface area contributed by atoms with Crippen molar-refractivity contribution in [3.05, 3.63) is 0 Å². The molecule has 21 heavy (non-hydrogen) atoms. The third kappa shape index (κ3) is 2.97. The molecule has 118 valence electrons. The van der Waals surface area contributed by atoms with Crippen molar-refractivity contribution in [1.29, 1.82) is 0 Å². The van der Waals surface area contributed by atoms with Gasteiger partial charge in [0.25, 0.3) is 0 Å². The number of aromatic nitrogens is 1. The SMILES string of the molecule is CN1CCCN(c2snc(N)c2S(=O)(=O)N(C)C)CC1=O. The van der Waals surface area contributed by atoms with E-state index in [-0.39, 0.29) is 23.2 Å². The molecule has 0 saturated carbocycles. The minimum Gasteiger partial charge on any atom is -0.382 e. The number of sulfonamides is 1. The number of carbonyl (C=O) groups is 1. The van der Waals surface area contributed by atoms with Crippen molar-refractivity contribution in [3.63, 3.8) is 0 Å². The number of nitrogens with zero attached hydrogens (tertiary/aromatic N) is 4. The summed E-state index contributed by atoms with van der Waals surface area (Å²) in [5, 5.41) is 0.435. The number of rotatable bonds is 3. The lowest BCUT2D eigenvalue weighted by Crippen LogP contribution is -2.35. The molecule has 8 nitrogen and oxygen atoms in total. The summed E-state index contributed by atoms with van der Waals surface area (Å²) >= 11 is 1.01. The molecular weight excluding hydrogens is 314 g/mol. The van der Waals surface area contributed by atoms with Gasteiger partial charge in [-0.1, -0.05) is 0 Å². The quantitative estimate of drug-likeness (QED) is 0.811. The molecule has 10 heteroatoms. The van der Waals surface area contributed by atoms with E-state index in [0.29, 0.717) is 18.1 Å². The summed E-state index contributed by atoms with van der Waals surface area (Å²) < 4.78 is 29.9. The van der Waals surface area contributed by atoms with E-state index >= 15 is 0 Å². The highest BCUT2D eigenvalue weighted by molar-refractivity contribution is 7.89. The molecule has 0 aliphatic carbocycles. The van der Waals surface area contributed by atoms with Crippen molar-refractivity contribution < 1.29 is 13.2 Å². The Morgan fingerprint density at radius 3 is 2.62 bits per heavy atom. The maximum atomic E-state index is 12.4. The maximum absolute atomic E-state index is 12.4. The van der Waals surface area contributed by atoms with Gasteiger partial charge in [-0.3, -0.25) is 4.79 Å². The minimum absolute atomic E-state index is 0.00477. The van der Waals surface area contributed by atoms with Gasteiger partial charge in [-0.05, 0) is 18.0 Å². The van der Waals surface area contributed by atoms with Crippen molar-refractivity contribution >= 4 is 38.3 Å². The first kappa shape index (κ1) is 16.0. The van der Waals surface area contributed by atoms with E-state index in [2.05, 4.69) is 4.37 Å². The number of nitrogen functional groups attached to an aromatic ring is 1. The Morgan fingerprint density at radius 2 is 2.00 bits per heavy atom. The van der Waals surface area contributed by atoms with Crippen LogP contribution in [-0.2, 0) is 14.8 Å². The first-order valence-electron chi connectivity index (χ1n) is 6.41. The topological polar surface area (TPSA) is 99.8 Å². The van der Waals surface area contributed by atoms with Crippen molar-refractivity contribution in [2.24, 2.45) is 0 Å². The third-order valence-corrected chi connectivity index (χ3v) is 6.29. The van der Waals surface area contributed by atoms with Gasteiger partial charge in [0, 0.05) is 34.2 Å².